The first-order valence-electron chi connectivity index (χ1n) is 9.86. The highest BCUT2D eigenvalue weighted by Crippen LogP contribution is 2.36. The van der Waals surface area contributed by atoms with Crippen molar-refractivity contribution < 1.29 is 23.7 Å². The zero-order chi connectivity index (χ0) is 21.4. The van der Waals surface area contributed by atoms with Gasteiger partial charge in [-0.15, -0.1) is 0 Å². The summed E-state index contributed by atoms with van der Waals surface area (Å²) < 4.78 is 22.7. The number of Topliss-reactive ketones (excluding diaryl/α,β-unsaturated/α-hetero) is 1. The Hall–Kier alpha value is -3.28. The minimum Gasteiger partial charge on any atom is -0.489 e. The molecule has 0 spiro atoms. The first kappa shape index (κ1) is 19.7. The zero-order valence-electron chi connectivity index (χ0n) is 16.8. The summed E-state index contributed by atoms with van der Waals surface area (Å²) in [5.41, 5.74) is 4.29. The van der Waals surface area contributed by atoms with Crippen molar-refractivity contribution in [2.75, 3.05) is 6.79 Å². The predicted molar refractivity (Wildman–Crippen MR) is 117 cm³/mol. The van der Waals surface area contributed by atoms with Crippen molar-refractivity contribution in [1.29, 1.82) is 0 Å². The Morgan fingerprint density at radius 2 is 2.03 bits per heavy atom. The Kier molecular flexibility index (Phi) is 5.14. The van der Waals surface area contributed by atoms with Crippen molar-refractivity contribution in [3.63, 3.8) is 0 Å². The molecular weight excluding hydrogens is 416 g/mol. The molecule has 0 saturated heterocycles. The quantitative estimate of drug-likeness (QED) is 0.492. The lowest BCUT2D eigenvalue weighted by atomic mass is 10.1. The molecule has 0 aliphatic carbocycles. The van der Waals surface area contributed by atoms with Crippen LogP contribution in [0.4, 0.5) is 0 Å². The van der Waals surface area contributed by atoms with E-state index in [0.29, 0.717) is 34.5 Å². The zero-order valence-corrected chi connectivity index (χ0v) is 17.6. The van der Waals surface area contributed by atoms with Crippen LogP contribution in [0.2, 0.25) is 5.02 Å². The molecule has 31 heavy (non-hydrogen) atoms. The molecule has 5 rings (SSSR count). The third kappa shape index (κ3) is 4.02. The lowest BCUT2D eigenvalue weighted by Gasteiger charge is -2.21. The van der Waals surface area contributed by atoms with E-state index in [0.717, 1.165) is 28.0 Å². The smallest absolute Gasteiger partial charge is 0.231 e. The number of hydrogen-bond acceptors (Lipinski definition) is 5. The molecule has 0 unspecified atom stereocenters. The summed E-state index contributed by atoms with van der Waals surface area (Å²) in [6.45, 7) is 2.93. The van der Waals surface area contributed by atoms with Gasteiger partial charge in [-0.2, -0.15) is 0 Å². The number of aryl methyl sites for hydroxylation is 1. The van der Waals surface area contributed by atoms with Crippen molar-refractivity contribution in [2.24, 2.45) is 0 Å². The minimum absolute atomic E-state index is 0.139. The van der Waals surface area contributed by atoms with Crippen molar-refractivity contribution >= 4 is 23.5 Å². The second kappa shape index (κ2) is 8.10. The number of rotatable bonds is 4. The number of ether oxygens (including phenoxy) is 4. The molecule has 156 valence electrons. The third-order valence-electron chi connectivity index (χ3n) is 5.13. The number of fused-ring (bicyclic) bond motifs is 2. The number of hydrogen-bond donors (Lipinski definition) is 0. The van der Waals surface area contributed by atoms with E-state index < -0.39 is 0 Å². The van der Waals surface area contributed by atoms with Gasteiger partial charge in [0.25, 0.3) is 0 Å². The highest BCUT2D eigenvalue weighted by atomic mass is 35.5. The molecule has 2 aliphatic rings. The summed E-state index contributed by atoms with van der Waals surface area (Å²) in [5, 5.41) is 0.597. The summed E-state index contributed by atoms with van der Waals surface area (Å²) in [4.78, 5) is 12.7. The van der Waals surface area contributed by atoms with Crippen LogP contribution < -0.4 is 14.2 Å². The van der Waals surface area contributed by atoms with Gasteiger partial charge in [0, 0.05) is 22.2 Å². The van der Waals surface area contributed by atoms with Gasteiger partial charge in [0.2, 0.25) is 5.78 Å². The maximum atomic E-state index is 12.7. The molecule has 2 heterocycles. The minimum atomic E-state index is -0.139. The normalized spacial score (nSPS) is 15.8. The van der Waals surface area contributed by atoms with Crippen molar-refractivity contribution in [3.8, 4) is 17.2 Å². The van der Waals surface area contributed by atoms with Crippen LogP contribution in [-0.2, 0) is 18.0 Å². The molecule has 3 aromatic carbocycles. The van der Waals surface area contributed by atoms with Crippen molar-refractivity contribution in [2.45, 2.75) is 20.1 Å². The number of benzene rings is 3. The first-order valence-corrected chi connectivity index (χ1v) is 10.2. The highest BCUT2D eigenvalue weighted by molar-refractivity contribution is 6.30. The van der Waals surface area contributed by atoms with Crippen LogP contribution in [0, 0.1) is 6.92 Å². The monoisotopic (exact) mass is 434 g/mol. The van der Waals surface area contributed by atoms with Gasteiger partial charge in [-0.3, -0.25) is 4.79 Å². The lowest BCUT2D eigenvalue weighted by Crippen LogP contribution is -2.14. The van der Waals surface area contributed by atoms with Crippen LogP contribution in [0.25, 0.3) is 6.08 Å². The Balaban J connectivity index is 1.35. The van der Waals surface area contributed by atoms with E-state index in [9.17, 15) is 4.79 Å². The molecule has 3 aromatic rings. The Morgan fingerprint density at radius 3 is 2.90 bits per heavy atom. The van der Waals surface area contributed by atoms with Crippen LogP contribution in [-0.4, -0.2) is 12.6 Å². The molecule has 0 aromatic heterocycles. The van der Waals surface area contributed by atoms with E-state index in [4.69, 9.17) is 30.5 Å². The van der Waals surface area contributed by atoms with Gasteiger partial charge in [0.05, 0.1) is 12.2 Å². The molecule has 2 aliphatic heterocycles. The van der Waals surface area contributed by atoms with Crippen molar-refractivity contribution in [1.82, 2.24) is 0 Å². The summed E-state index contributed by atoms with van der Waals surface area (Å²) in [6.07, 6.45) is 1.76. The van der Waals surface area contributed by atoms with Crippen LogP contribution in [0.5, 0.6) is 17.2 Å². The third-order valence-corrected chi connectivity index (χ3v) is 5.35. The number of carbonyl (C=O) groups excluding carboxylic acids is 1. The fraction of sp³-hybridized carbons (Fsp3) is 0.160. The molecular formula is C25H19ClO5. The van der Waals surface area contributed by atoms with Gasteiger partial charge in [0.15, 0.2) is 12.6 Å². The highest BCUT2D eigenvalue weighted by Gasteiger charge is 2.28. The molecule has 0 bridgehead atoms. The standard InChI is InChI=1S/C25H19ClO5/c1-15-3-2-4-16(7-15)8-23-24(27)21-6-5-20(11-22(21)31-23)29-13-18-10-19(26)9-17-12-28-14-30-25(17)18/h2-11H,12-14H2,1H3/b23-8-. The molecule has 0 fully saturated rings. The fourth-order valence-corrected chi connectivity index (χ4v) is 3.96. The lowest BCUT2D eigenvalue weighted by molar-refractivity contribution is -0.0175. The molecule has 0 radical (unpaired) electrons. The van der Waals surface area contributed by atoms with Gasteiger partial charge in [0.1, 0.15) is 23.9 Å². The van der Waals surface area contributed by atoms with Gasteiger partial charge in [-0.1, -0.05) is 41.4 Å². The summed E-state index contributed by atoms with van der Waals surface area (Å²) in [7, 11) is 0. The predicted octanol–water partition coefficient (Wildman–Crippen LogP) is 5.71. The maximum absolute atomic E-state index is 12.7. The average Bonchev–Trinajstić information content (AvgIpc) is 3.06. The molecule has 0 N–H and O–H groups in total. The van der Waals surface area contributed by atoms with E-state index >= 15 is 0 Å². The van der Waals surface area contributed by atoms with Crippen LogP contribution in [0.1, 0.15) is 32.6 Å². The maximum Gasteiger partial charge on any atom is 0.231 e. The molecule has 0 amide bonds. The molecule has 0 atom stereocenters. The van der Waals surface area contributed by atoms with Gasteiger partial charge >= 0.3 is 0 Å². The number of allylic oxidation sites excluding steroid dienone is 1. The van der Waals surface area contributed by atoms with Crippen LogP contribution in [0.15, 0.2) is 60.4 Å². The second-order valence-electron chi connectivity index (χ2n) is 7.46. The van der Waals surface area contributed by atoms with Gasteiger partial charge in [-0.25, -0.2) is 0 Å². The molecule has 5 nitrogen and oxygen atoms in total. The number of ketones is 1. The summed E-state index contributed by atoms with van der Waals surface area (Å²) >= 11 is 6.22. The number of halogens is 1. The topological polar surface area (TPSA) is 54.0 Å². The van der Waals surface area contributed by atoms with Gasteiger partial charge in [-0.05, 0) is 42.8 Å². The fourth-order valence-electron chi connectivity index (χ4n) is 3.69. The van der Waals surface area contributed by atoms with Crippen molar-refractivity contribution in [3.05, 3.63) is 93.2 Å². The second-order valence-corrected chi connectivity index (χ2v) is 7.90. The Bertz CT molecular complexity index is 1210. The van der Waals surface area contributed by atoms with E-state index in [-0.39, 0.29) is 19.2 Å². The summed E-state index contributed by atoms with van der Waals surface area (Å²) in [5.74, 6) is 1.98. The van der Waals surface area contributed by atoms with E-state index in [1.165, 1.54) is 0 Å². The largest absolute Gasteiger partial charge is 0.489 e. The Labute approximate surface area is 184 Å². The Morgan fingerprint density at radius 1 is 1.13 bits per heavy atom. The van der Waals surface area contributed by atoms with Crippen LogP contribution in [0.3, 0.4) is 0 Å². The summed E-state index contributed by atoms with van der Waals surface area (Å²) in [6, 6.07) is 16.8. The van der Waals surface area contributed by atoms with Gasteiger partial charge < -0.3 is 18.9 Å². The van der Waals surface area contributed by atoms with E-state index in [2.05, 4.69) is 0 Å². The van der Waals surface area contributed by atoms with Crippen LogP contribution >= 0.6 is 11.6 Å². The molecule has 0 saturated carbocycles. The van der Waals surface area contributed by atoms with E-state index in [1.807, 2.05) is 43.3 Å². The van der Waals surface area contributed by atoms with E-state index in [1.54, 1.807) is 24.3 Å². The SMILES string of the molecule is Cc1cccc(/C=C2\Oc3cc(OCc4cc(Cl)cc5c4OCOC5)ccc3C2=O)c1. The number of carbonyl (C=O) groups is 1. The first-order chi connectivity index (χ1) is 15.1. The average molecular weight is 435 g/mol. The molecule has 6 heteroatoms.